The molecule has 1 N–H and O–H groups in total. The summed E-state index contributed by atoms with van der Waals surface area (Å²) in [5, 5.41) is 12.3. The molecule has 2 aromatic rings. The summed E-state index contributed by atoms with van der Waals surface area (Å²) in [4.78, 5) is 12.3. The Kier molecular flexibility index (Phi) is 12.1. The molecule has 6 rings (SSSR count). The second-order valence-electron chi connectivity index (χ2n) is 14.7. The molecule has 50 heavy (non-hydrogen) atoms. The van der Waals surface area contributed by atoms with Crippen LogP contribution in [0, 0.1) is 13.8 Å². The maximum atomic E-state index is 12.3. The molecule has 0 radical (unpaired) electrons. The van der Waals surface area contributed by atoms with Crippen LogP contribution in [0.25, 0.3) is 0 Å². The van der Waals surface area contributed by atoms with Crippen molar-refractivity contribution in [3.8, 4) is 0 Å². The zero-order chi connectivity index (χ0) is 36.1. The number of rotatable bonds is 9. The molecule has 5 heteroatoms. The molecule has 1 aliphatic carbocycles. The van der Waals surface area contributed by atoms with Gasteiger partial charge in [-0.25, -0.2) is 0 Å². The van der Waals surface area contributed by atoms with E-state index in [4.69, 9.17) is 6.58 Å². The van der Waals surface area contributed by atoms with Gasteiger partial charge in [0.25, 0.3) is 0 Å². The van der Waals surface area contributed by atoms with E-state index in [9.17, 15) is 5.11 Å². The number of aliphatic hydroxyl groups is 1. The molecule has 4 aliphatic rings. The van der Waals surface area contributed by atoms with E-state index in [-0.39, 0.29) is 5.54 Å². The summed E-state index contributed by atoms with van der Waals surface area (Å²) in [5.41, 5.74) is 11.8. The molecular formula is C45H62N4O. The average Bonchev–Trinajstić information content (AvgIpc) is 3.20. The van der Waals surface area contributed by atoms with Gasteiger partial charge in [-0.15, -0.1) is 0 Å². The van der Waals surface area contributed by atoms with E-state index < -0.39 is 5.60 Å². The van der Waals surface area contributed by atoms with E-state index in [1.54, 1.807) is 0 Å². The number of nitrogens with zero attached hydrogens (tertiary/aromatic N) is 4. The Morgan fingerprint density at radius 1 is 0.900 bits per heavy atom. The molecule has 0 bridgehead atoms. The number of hydrogen-bond donors (Lipinski definition) is 1. The lowest BCUT2D eigenvalue weighted by molar-refractivity contribution is 0.0826. The van der Waals surface area contributed by atoms with Crippen molar-refractivity contribution in [2.24, 2.45) is 4.99 Å². The van der Waals surface area contributed by atoms with Crippen molar-refractivity contribution < 1.29 is 5.11 Å². The van der Waals surface area contributed by atoms with Gasteiger partial charge in [0.15, 0.2) is 0 Å². The molecule has 5 nitrogen and oxygen atoms in total. The Balaban J connectivity index is 0.00000239. The SMILES string of the molecule is C=C1N2Cc3cc(C)cc(CC)c3C(C)(O)C=C2C2(CCN(Cc3cc(C)cc(CC)c3)CC2)N1CC1=CC=C(CN=C/C=C\C)CC1.CC. The summed E-state index contributed by atoms with van der Waals surface area (Å²) < 4.78 is 0. The van der Waals surface area contributed by atoms with Crippen LogP contribution in [0.1, 0.15) is 106 Å². The van der Waals surface area contributed by atoms with Crippen molar-refractivity contribution in [2.45, 2.75) is 118 Å². The van der Waals surface area contributed by atoms with Gasteiger partial charge in [-0.3, -0.25) is 9.89 Å². The predicted octanol–water partition coefficient (Wildman–Crippen LogP) is 9.48. The number of hydrogen-bond acceptors (Lipinski definition) is 5. The van der Waals surface area contributed by atoms with E-state index in [1.165, 1.54) is 50.2 Å². The normalized spacial score (nSPS) is 21.9. The highest BCUT2D eigenvalue weighted by atomic mass is 16.3. The highest BCUT2D eigenvalue weighted by Gasteiger charge is 2.54. The fraction of sp³-hybridized carbons (Fsp3) is 0.489. The van der Waals surface area contributed by atoms with E-state index in [2.05, 4.69) is 95.9 Å². The maximum absolute atomic E-state index is 12.3. The number of aryl methyl sites for hydroxylation is 4. The molecule has 1 unspecified atom stereocenters. The minimum atomic E-state index is -1.06. The van der Waals surface area contributed by atoms with Crippen molar-refractivity contribution >= 4 is 6.21 Å². The van der Waals surface area contributed by atoms with Gasteiger partial charge in [0.05, 0.1) is 12.1 Å². The van der Waals surface area contributed by atoms with Crippen molar-refractivity contribution in [2.75, 3.05) is 26.2 Å². The fourth-order valence-corrected chi connectivity index (χ4v) is 8.67. The largest absolute Gasteiger partial charge is 0.381 e. The second-order valence-corrected chi connectivity index (χ2v) is 14.7. The van der Waals surface area contributed by atoms with Crippen LogP contribution in [-0.2, 0) is 31.5 Å². The van der Waals surface area contributed by atoms with Gasteiger partial charge in [-0.05, 0) is 112 Å². The summed E-state index contributed by atoms with van der Waals surface area (Å²) in [6.45, 7) is 27.0. The summed E-state index contributed by atoms with van der Waals surface area (Å²) in [6.07, 6.45) is 18.8. The van der Waals surface area contributed by atoms with Crippen molar-refractivity contribution in [1.82, 2.24) is 14.7 Å². The van der Waals surface area contributed by atoms with Crippen LogP contribution in [0.5, 0.6) is 0 Å². The molecule has 0 aromatic heterocycles. The Hall–Kier alpha value is -3.67. The van der Waals surface area contributed by atoms with Gasteiger partial charge in [-0.2, -0.15) is 0 Å². The summed E-state index contributed by atoms with van der Waals surface area (Å²) in [6, 6.07) is 11.6. The van der Waals surface area contributed by atoms with Gasteiger partial charge in [0.2, 0.25) is 0 Å². The van der Waals surface area contributed by atoms with Gasteiger partial charge < -0.3 is 14.9 Å². The van der Waals surface area contributed by atoms with Crippen LogP contribution in [0.2, 0.25) is 0 Å². The first-order chi connectivity index (χ1) is 24.1. The number of benzene rings is 2. The summed E-state index contributed by atoms with van der Waals surface area (Å²) in [7, 11) is 0. The van der Waals surface area contributed by atoms with E-state index >= 15 is 0 Å². The zero-order valence-electron chi connectivity index (χ0n) is 32.3. The highest BCUT2D eigenvalue weighted by molar-refractivity contribution is 5.71. The van der Waals surface area contributed by atoms with Gasteiger partial charge in [-0.1, -0.05) is 99.5 Å². The zero-order valence-corrected chi connectivity index (χ0v) is 32.3. The third kappa shape index (κ3) is 7.80. The third-order valence-corrected chi connectivity index (χ3v) is 11.0. The van der Waals surface area contributed by atoms with Crippen molar-refractivity contribution in [1.29, 1.82) is 0 Å². The summed E-state index contributed by atoms with van der Waals surface area (Å²) >= 11 is 0. The lowest BCUT2D eigenvalue weighted by atomic mass is 9.79. The number of piperidine rings is 1. The Labute approximate surface area is 303 Å². The minimum absolute atomic E-state index is 0.218. The molecular weight excluding hydrogens is 613 g/mol. The van der Waals surface area contributed by atoms with Gasteiger partial charge in [0.1, 0.15) is 11.4 Å². The molecule has 3 aliphatic heterocycles. The monoisotopic (exact) mass is 674 g/mol. The molecule has 2 aromatic carbocycles. The first-order valence-corrected chi connectivity index (χ1v) is 19.2. The molecule has 0 saturated carbocycles. The van der Waals surface area contributed by atoms with E-state index in [0.717, 1.165) is 89.2 Å². The lowest BCUT2D eigenvalue weighted by Crippen LogP contribution is -2.53. The van der Waals surface area contributed by atoms with Gasteiger partial charge in [0, 0.05) is 44.6 Å². The van der Waals surface area contributed by atoms with Crippen molar-refractivity contribution in [3.05, 3.63) is 129 Å². The topological polar surface area (TPSA) is 42.3 Å². The number of allylic oxidation sites excluding steroid dienone is 4. The Bertz CT molecular complexity index is 1700. The second kappa shape index (κ2) is 16.1. The highest BCUT2D eigenvalue weighted by Crippen LogP contribution is 2.52. The van der Waals surface area contributed by atoms with Crippen LogP contribution in [0.4, 0.5) is 0 Å². The first-order valence-electron chi connectivity index (χ1n) is 19.2. The lowest BCUT2D eigenvalue weighted by Gasteiger charge is -2.46. The predicted molar refractivity (Wildman–Crippen MR) is 212 cm³/mol. The van der Waals surface area contributed by atoms with Crippen LogP contribution >= 0.6 is 0 Å². The van der Waals surface area contributed by atoms with E-state index in [0.29, 0.717) is 0 Å². The Morgan fingerprint density at radius 3 is 2.24 bits per heavy atom. The number of fused-ring (bicyclic) bond motifs is 3. The van der Waals surface area contributed by atoms with Crippen LogP contribution in [0.3, 0.4) is 0 Å². The standard InChI is InChI=1S/C43H56N4O.C2H6/c1-8-11-18-44-27-35-12-14-36(15-13-35)29-47-33(6)46-30-39-24-32(5)23-38(10-3)41(39)42(7,48)26-40(46)43(47)16-19-45(20-17-43)28-37-22-31(4)21-34(9-2)25-37;1-2/h8,11-12,14,18,21-26,48H,6,9-10,13,15-17,19-20,27-30H2,1-5,7H3;1-2H3/b11-8-,44-18?;. The average molecular weight is 675 g/mol. The summed E-state index contributed by atoms with van der Waals surface area (Å²) in [5.74, 6) is 1.07. The fourth-order valence-electron chi connectivity index (χ4n) is 8.67. The molecule has 3 heterocycles. The van der Waals surface area contributed by atoms with Gasteiger partial charge >= 0.3 is 0 Å². The molecule has 2 saturated heterocycles. The molecule has 1 spiro atoms. The van der Waals surface area contributed by atoms with Crippen LogP contribution < -0.4 is 0 Å². The third-order valence-electron chi connectivity index (χ3n) is 11.0. The molecule has 1 atom stereocenters. The Morgan fingerprint density at radius 2 is 1.58 bits per heavy atom. The first kappa shape index (κ1) is 37.6. The molecule has 2 fully saturated rings. The number of aliphatic imine (C=N–C) groups is 1. The van der Waals surface area contributed by atoms with Crippen LogP contribution in [0.15, 0.2) is 94.9 Å². The molecule has 268 valence electrons. The number of likely N-dealkylation sites (tertiary alicyclic amines) is 1. The minimum Gasteiger partial charge on any atom is -0.381 e. The van der Waals surface area contributed by atoms with E-state index in [1.807, 2.05) is 46.1 Å². The quantitative estimate of drug-likeness (QED) is 0.269. The van der Waals surface area contributed by atoms with Crippen molar-refractivity contribution in [3.63, 3.8) is 0 Å². The van der Waals surface area contributed by atoms with Crippen LogP contribution in [-0.4, -0.2) is 57.7 Å². The molecule has 0 amide bonds. The smallest absolute Gasteiger partial charge is 0.108 e. The maximum Gasteiger partial charge on any atom is 0.108 e.